The Balaban J connectivity index is 2.59. The molecule has 2 N–H and O–H groups in total. The van der Waals surface area contributed by atoms with Gasteiger partial charge in [0.05, 0.1) is 15.6 Å². The summed E-state index contributed by atoms with van der Waals surface area (Å²) in [5, 5.41) is 17.5. The summed E-state index contributed by atoms with van der Waals surface area (Å²) < 4.78 is -0.201. The van der Waals surface area contributed by atoms with Gasteiger partial charge in [-0.2, -0.15) is 0 Å². The summed E-state index contributed by atoms with van der Waals surface area (Å²) in [6.07, 6.45) is 6.32. The lowest BCUT2D eigenvalue weighted by Crippen LogP contribution is -2.23. The molecule has 0 aliphatic heterocycles. The van der Waals surface area contributed by atoms with E-state index in [0.29, 0.717) is 0 Å². The summed E-state index contributed by atoms with van der Waals surface area (Å²) in [4.78, 5) is 21.3. The van der Waals surface area contributed by atoms with Crippen molar-refractivity contribution < 1.29 is 19.8 Å². The maximum absolute atomic E-state index is 10.7. The van der Waals surface area contributed by atoms with Gasteiger partial charge in [-0.1, -0.05) is 25.7 Å². The van der Waals surface area contributed by atoms with Gasteiger partial charge in [0.2, 0.25) is 0 Å². The molecule has 1 aliphatic rings. The van der Waals surface area contributed by atoms with E-state index in [1.54, 1.807) is 0 Å². The highest BCUT2D eigenvalue weighted by Gasteiger charge is 2.33. The highest BCUT2D eigenvalue weighted by Crippen LogP contribution is 2.47. The number of carboxylic acids is 2. The van der Waals surface area contributed by atoms with E-state index in [9.17, 15) is 9.59 Å². The van der Waals surface area contributed by atoms with Crippen LogP contribution in [0.15, 0.2) is 0 Å². The van der Waals surface area contributed by atoms with Gasteiger partial charge in [0.15, 0.2) is 0 Å². The Hall–Kier alpha value is -0.360. The van der Waals surface area contributed by atoms with Crippen molar-refractivity contribution >= 4 is 35.5 Å². The first kappa shape index (κ1) is 14.7. The van der Waals surface area contributed by atoms with E-state index in [-0.39, 0.29) is 15.6 Å². The summed E-state index contributed by atoms with van der Waals surface area (Å²) in [7, 11) is 0. The average Bonchev–Trinajstić information content (AvgIpc) is 2.50. The Morgan fingerprint density at radius 1 is 0.882 bits per heavy atom. The normalized spacial score (nSPS) is 19.5. The fraction of sp³-hybridized carbons (Fsp3) is 0.818. The Kier molecular flexibility index (Phi) is 6.19. The summed E-state index contributed by atoms with van der Waals surface area (Å²) in [5.41, 5.74) is 0. The second kappa shape index (κ2) is 7.16. The number of thioether (sulfide) groups is 2. The predicted octanol–water partition coefficient (Wildman–Crippen LogP) is 2.67. The Bertz CT molecular complexity index is 253. The zero-order valence-electron chi connectivity index (χ0n) is 9.68. The van der Waals surface area contributed by atoms with Gasteiger partial charge in [0.25, 0.3) is 0 Å². The number of carbonyl (C=O) groups is 2. The minimum absolute atomic E-state index is 0.0621. The van der Waals surface area contributed by atoms with Crippen LogP contribution in [0.25, 0.3) is 0 Å². The minimum Gasteiger partial charge on any atom is -0.481 e. The lowest BCUT2D eigenvalue weighted by atomic mass is 10.2. The highest BCUT2D eigenvalue weighted by molar-refractivity contribution is 8.18. The van der Waals surface area contributed by atoms with Crippen LogP contribution in [0.2, 0.25) is 0 Å². The SMILES string of the molecule is O=C(O)CSC1(SCC(=O)O)CCCCCC1. The van der Waals surface area contributed by atoms with Gasteiger partial charge in [-0.3, -0.25) is 9.59 Å². The molecule has 0 radical (unpaired) electrons. The number of hydrogen-bond donors (Lipinski definition) is 2. The first-order chi connectivity index (χ1) is 8.04. The molecule has 0 aromatic carbocycles. The van der Waals surface area contributed by atoms with Crippen molar-refractivity contribution in [2.75, 3.05) is 11.5 Å². The van der Waals surface area contributed by atoms with Crippen molar-refractivity contribution in [1.82, 2.24) is 0 Å². The maximum Gasteiger partial charge on any atom is 0.313 e. The van der Waals surface area contributed by atoms with Crippen LogP contribution < -0.4 is 0 Å². The van der Waals surface area contributed by atoms with Gasteiger partial charge in [-0.25, -0.2) is 0 Å². The first-order valence-electron chi connectivity index (χ1n) is 5.76. The molecule has 0 unspecified atom stereocenters. The predicted molar refractivity (Wildman–Crippen MR) is 70.6 cm³/mol. The molecule has 0 heterocycles. The fourth-order valence-corrected chi connectivity index (χ4v) is 4.60. The quantitative estimate of drug-likeness (QED) is 0.575. The van der Waals surface area contributed by atoms with E-state index in [1.807, 2.05) is 0 Å². The second-order valence-electron chi connectivity index (χ2n) is 4.19. The topological polar surface area (TPSA) is 74.6 Å². The molecular formula is C11H18O4S2. The van der Waals surface area contributed by atoms with E-state index in [2.05, 4.69) is 0 Å². The fourth-order valence-electron chi connectivity index (χ4n) is 1.98. The van der Waals surface area contributed by atoms with Crippen LogP contribution in [0, 0.1) is 0 Å². The molecule has 0 aromatic heterocycles. The van der Waals surface area contributed by atoms with Gasteiger partial charge < -0.3 is 10.2 Å². The molecule has 1 fully saturated rings. The molecule has 0 amide bonds. The molecule has 0 saturated heterocycles. The monoisotopic (exact) mass is 278 g/mol. The molecule has 0 aromatic rings. The third-order valence-electron chi connectivity index (χ3n) is 2.78. The molecule has 0 atom stereocenters. The van der Waals surface area contributed by atoms with Crippen LogP contribution in [0.4, 0.5) is 0 Å². The van der Waals surface area contributed by atoms with E-state index in [0.717, 1.165) is 25.7 Å². The third-order valence-corrected chi connectivity index (χ3v) is 6.14. The lowest BCUT2D eigenvalue weighted by molar-refractivity contribution is -0.134. The van der Waals surface area contributed by atoms with E-state index >= 15 is 0 Å². The summed E-state index contributed by atoms with van der Waals surface area (Å²) >= 11 is 2.82. The van der Waals surface area contributed by atoms with Crippen LogP contribution in [-0.2, 0) is 9.59 Å². The van der Waals surface area contributed by atoms with Crippen LogP contribution in [-0.4, -0.2) is 37.7 Å². The zero-order valence-corrected chi connectivity index (χ0v) is 11.3. The Labute approximate surface area is 110 Å². The largest absolute Gasteiger partial charge is 0.481 e. The van der Waals surface area contributed by atoms with E-state index < -0.39 is 11.9 Å². The average molecular weight is 278 g/mol. The molecule has 4 nitrogen and oxygen atoms in total. The van der Waals surface area contributed by atoms with Gasteiger partial charge in [0.1, 0.15) is 0 Å². The molecule has 0 spiro atoms. The van der Waals surface area contributed by atoms with Crippen LogP contribution >= 0.6 is 23.5 Å². The summed E-state index contributed by atoms with van der Waals surface area (Å²) in [6.45, 7) is 0. The molecule has 0 bridgehead atoms. The summed E-state index contributed by atoms with van der Waals surface area (Å²) in [6, 6.07) is 0. The van der Waals surface area contributed by atoms with Gasteiger partial charge in [-0.15, -0.1) is 23.5 Å². The van der Waals surface area contributed by atoms with E-state index in [1.165, 1.54) is 36.4 Å². The second-order valence-corrected chi connectivity index (χ2v) is 7.17. The number of aliphatic carboxylic acids is 2. The van der Waals surface area contributed by atoms with Crippen molar-refractivity contribution in [3.05, 3.63) is 0 Å². The Morgan fingerprint density at radius 2 is 1.29 bits per heavy atom. The third kappa shape index (κ3) is 5.68. The molecule has 98 valence electrons. The van der Waals surface area contributed by atoms with Crippen molar-refractivity contribution in [3.8, 4) is 0 Å². The molecule has 1 saturated carbocycles. The molecular weight excluding hydrogens is 260 g/mol. The molecule has 6 heteroatoms. The zero-order chi connectivity index (χ0) is 12.7. The van der Waals surface area contributed by atoms with Gasteiger partial charge in [-0.05, 0) is 12.8 Å². The van der Waals surface area contributed by atoms with Gasteiger partial charge >= 0.3 is 11.9 Å². The smallest absolute Gasteiger partial charge is 0.313 e. The summed E-state index contributed by atoms with van der Waals surface area (Å²) in [5.74, 6) is -1.52. The lowest BCUT2D eigenvalue weighted by Gasteiger charge is -2.30. The number of rotatable bonds is 6. The number of carboxylic acid groups (broad SMARTS) is 2. The standard InChI is InChI=1S/C11H18O4S2/c12-9(13)7-16-11(17-8-10(14)15)5-3-1-2-4-6-11/h1-8H2,(H,12,13)(H,14,15). The van der Waals surface area contributed by atoms with E-state index in [4.69, 9.17) is 10.2 Å². The van der Waals surface area contributed by atoms with Crippen molar-refractivity contribution in [2.45, 2.75) is 42.6 Å². The van der Waals surface area contributed by atoms with Gasteiger partial charge in [0, 0.05) is 0 Å². The molecule has 1 aliphatic carbocycles. The van der Waals surface area contributed by atoms with Crippen molar-refractivity contribution in [3.63, 3.8) is 0 Å². The molecule has 1 rings (SSSR count). The maximum atomic E-state index is 10.7. The van der Waals surface area contributed by atoms with Crippen LogP contribution in [0.1, 0.15) is 38.5 Å². The number of hydrogen-bond acceptors (Lipinski definition) is 4. The molecule has 17 heavy (non-hydrogen) atoms. The van der Waals surface area contributed by atoms with Crippen LogP contribution in [0.3, 0.4) is 0 Å². The Morgan fingerprint density at radius 3 is 1.65 bits per heavy atom. The van der Waals surface area contributed by atoms with Crippen molar-refractivity contribution in [2.24, 2.45) is 0 Å². The van der Waals surface area contributed by atoms with Crippen molar-refractivity contribution in [1.29, 1.82) is 0 Å². The highest BCUT2D eigenvalue weighted by atomic mass is 32.2. The first-order valence-corrected chi connectivity index (χ1v) is 7.73. The minimum atomic E-state index is -0.824. The van der Waals surface area contributed by atoms with Crippen LogP contribution in [0.5, 0.6) is 0 Å².